The minimum Gasteiger partial charge on any atom is -0.388 e. The first-order valence-electron chi connectivity index (χ1n) is 8.77. The maximum Gasteiger partial charge on any atom is 0.109 e. The predicted molar refractivity (Wildman–Crippen MR) is 112 cm³/mol. The molecule has 0 saturated carbocycles. The zero-order chi connectivity index (χ0) is 19.5. The molecule has 2 rings (SSSR count). The molecule has 2 aromatic rings. The summed E-state index contributed by atoms with van der Waals surface area (Å²) >= 11 is 0. The lowest BCUT2D eigenvalue weighted by molar-refractivity contribution is 0.291. The maximum atomic E-state index is 12.2. The highest BCUT2D eigenvalue weighted by Gasteiger charge is 1.96. The molecule has 0 bridgehead atoms. The summed E-state index contributed by atoms with van der Waals surface area (Å²) < 4.78 is 12.2. The van der Waals surface area contributed by atoms with Crippen LogP contribution in [0.1, 0.15) is 11.1 Å². The fourth-order valence-electron chi connectivity index (χ4n) is 2.21. The first kappa shape index (κ1) is 20.2. The third-order valence-corrected chi connectivity index (χ3v) is 3.82. The number of nitrogens with one attached hydrogen (secondary N) is 2. The molecule has 0 aliphatic carbocycles. The first-order chi connectivity index (χ1) is 13.1. The van der Waals surface area contributed by atoms with Gasteiger partial charge in [0.25, 0.3) is 0 Å². The van der Waals surface area contributed by atoms with E-state index in [2.05, 4.69) is 51.8 Å². The standard InChI is InChI=1S/C21H26FN5/c1-17(25-26-27(3)15-14-22)16-24-21-12-8-19(9-13-21)5-4-18-6-10-20(23-2)11-7-18/h4-13,23-24H,1,14-16H2,2-3H3/b5-4+,26-25?. The van der Waals surface area contributed by atoms with Gasteiger partial charge in [-0.2, -0.15) is 0 Å². The van der Waals surface area contributed by atoms with Crippen molar-refractivity contribution in [1.29, 1.82) is 0 Å². The highest BCUT2D eigenvalue weighted by molar-refractivity contribution is 5.71. The molecule has 0 aromatic heterocycles. The number of anilines is 2. The second kappa shape index (κ2) is 10.8. The Bertz CT molecular complexity index is 766. The van der Waals surface area contributed by atoms with Crippen LogP contribution in [0.15, 0.2) is 71.1 Å². The number of alkyl halides is 1. The summed E-state index contributed by atoms with van der Waals surface area (Å²) in [5, 5.41) is 15.6. The van der Waals surface area contributed by atoms with Gasteiger partial charge < -0.3 is 10.6 Å². The summed E-state index contributed by atoms with van der Waals surface area (Å²) in [6.07, 6.45) is 4.16. The van der Waals surface area contributed by atoms with Crippen molar-refractivity contribution in [3.8, 4) is 0 Å². The van der Waals surface area contributed by atoms with Gasteiger partial charge in [-0.15, -0.1) is 5.11 Å². The monoisotopic (exact) mass is 367 g/mol. The SMILES string of the molecule is C=C(CNc1ccc(/C=C/c2ccc(NC)cc2)cc1)N=NN(C)CCF. The second-order valence-corrected chi connectivity index (χ2v) is 6.01. The summed E-state index contributed by atoms with van der Waals surface area (Å²) in [5.41, 5.74) is 4.91. The van der Waals surface area contributed by atoms with Crippen molar-refractivity contribution in [2.45, 2.75) is 0 Å². The predicted octanol–water partition coefficient (Wildman–Crippen LogP) is 5.09. The average molecular weight is 367 g/mol. The molecule has 0 amide bonds. The van der Waals surface area contributed by atoms with E-state index in [-0.39, 0.29) is 6.54 Å². The first-order valence-corrected chi connectivity index (χ1v) is 8.77. The maximum absolute atomic E-state index is 12.2. The van der Waals surface area contributed by atoms with Gasteiger partial charge in [0, 0.05) is 25.5 Å². The lowest BCUT2D eigenvalue weighted by Gasteiger charge is -2.09. The smallest absolute Gasteiger partial charge is 0.109 e. The van der Waals surface area contributed by atoms with E-state index in [1.54, 1.807) is 7.05 Å². The Kier molecular flexibility index (Phi) is 8.03. The van der Waals surface area contributed by atoms with E-state index in [1.165, 1.54) is 5.01 Å². The zero-order valence-corrected chi connectivity index (χ0v) is 15.8. The molecule has 0 unspecified atom stereocenters. The highest BCUT2D eigenvalue weighted by Crippen LogP contribution is 2.15. The van der Waals surface area contributed by atoms with Crippen LogP contribution in [0.4, 0.5) is 15.8 Å². The summed E-state index contributed by atoms with van der Waals surface area (Å²) in [7, 11) is 3.58. The van der Waals surface area contributed by atoms with Crippen molar-refractivity contribution in [3.63, 3.8) is 0 Å². The van der Waals surface area contributed by atoms with Crippen LogP contribution in [-0.2, 0) is 0 Å². The zero-order valence-electron chi connectivity index (χ0n) is 15.8. The highest BCUT2D eigenvalue weighted by atomic mass is 19.1. The van der Waals surface area contributed by atoms with Crippen LogP contribution in [0.5, 0.6) is 0 Å². The lowest BCUT2D eigenvalue weighted by atomic mass is 10.1. The molecule has 0 aliphatic rings. The molecule has 0 saturated heterocycles. The van der Waals surface area contributed by atoms with Crippen LogP contribution < -0.4 is 10.6 Å². The molecule has 6 heteroatoms. The molecule has 0 radical (unpaired) electrons. The molecule has 0 atom stereocenters. The van der Waals surface area contributed by atoms with Gasteiger partial charge in [0.15, 0.2) is 0 Å². The van der Waals surface area contributed by atoms with Gasteiger partial charge in [-0.3, -0.25) is 5.01 Å². The molecule has 0 aliphatic heterocycles. The molecule has 2 aromatic carbocycles. The van der Waals surface area contributed by atoms with Crippen molar-refractivity contribution >= 4 is 23.5 Å². The minimum absolute atomic E-state index is 0.221. The molecule has 2 N–H and O–H groups in total. The van der Waals surface area contributed by atoms with Gasteiger partial charge in [0.2, 0.25) is 0 Å². The van der Waals surface area contributed by atoms with Gasteiger partial charge in [-0.25, -0.2) is 4.39 Å². The van der Waals surface area contributed by atoms with E-state index >= 15 is 0 Å². The Labute approximate surface area is 160 Å². The molecule has 0 spiro atoms. The van der Waals surface area contributed by atoms with E-state index in [1.807, 2.05) is 43.4 Å². The number of hydrogen-bond acceptors (Lipinski definition) is 4. The van der Waals surface area contributed by atoms with Crippen LogP contribution in [0.3, 0.4) is 0 Å². The number of halogens is 1. The molecular formula is C21H26FN5. The van der Waals surface area contributed by atoms with Crippen molar-refractivity contribution in [3.05, 3.63) is 71.9 Å². The average Bonchev–Trinajstić information content (AvgIpc) is 2.70. The van der Waals surface area contributed by atoms with Crippen molar-refractivity contribution < 1.29 is 4.39 Å². The Morgan fingerprint density at radius 1 is 1.04 bits per heavy atom. The Morgan fingerprint density at radius 2 is 1.59 bits per heavy atom. The summed E-state index contributed by atoms with van der Waals surface area (Å²) in [4.78, 5) is 0. The molecule has 142 valence electrons. The van der Waals surface area contributed by atoms with Gasteiger partial charge in [0.1, 0.15) is 6.67 Å². The fourth-order valence-corrected chi connectivity index (χ4v) is 2.21. The van der Waals surface area contributed by atoms with Crippen LogP contribution in [0.2, 0.25) is 0 Å². The van der Waals surface area contributed by atoms with Gasteiger partial charge in [-0.1, -0.05) is 48.2 Å². The van der Waals surface area contributed by atoms with E-state index in [0.717, 1.165) is 22.5 Å². The lowest BCUT2D eigenvalue weighted by Crippen LogP contribution is -2.13. The van der Waals surface area contributed by atoms with Crippen LogP contribution in [0.25, 0.3) is 12.2 Å². The topological polar surface area (TPSA) is 52.0 Å². The minimum atomic E-state index is -0.456. The Balaban J connectivity index is 1.83. The number of nitrogens with zero attached hydrogens (tertiary/aromatic N) is 3. The third kappa shape index (κ3) is 7.32. The second-order valence-electron chi connectivity index (χ2n) is 6.01. The van der Waals surface area contributed by atoms with E-state index in [0.29, 0.717) is 12.2 Å². The molecule has 0 fully saturated rings. The molecule has 5 nitrogen and oxygen atoms in total. The van der Waals surface area contributed by atoms with E-state index in [9.17, 15) is 4.39 Å². The van der Waals surface area contributed by atoms with Gasteiger partial charge in [0.05, 0.1) is 18.8 Å². The largest absolute Gasteiger partial charge is 0.388 e. The number of rotatable bonds is 10. The summed E-state index contributed by atoms with van der Waals surface area (Å²) in [6.45, 7) is 4.07. The third-order valence-electron chi connectivity index (χ3n) is 3.82. The van der Waals surface area contributed by atoms with Crippen molar-refractivity contribution in [2.24, 2.45) is 10.3 Å². The van der Waals surface area contributed by atoms with Crippen LogP contribution in [-0.4, -0.2) is 38.9 Å². The van der Waals surface area contributed by atoms with Crippen molar-refractivity contribution in [1.82, 2.24) is 5.01 Å². The van der Waals surface area contributed by atoms with Gasteiger partial charge >= 0.3 is 0 Å². The Hall–Kier alpha value is -3.15. The van der Waals surface area contributed by atoms with E-state index in [4.69, 9.17) is 0 Å². The fraction of sp³-hybridized carbons (Fsp3) is 0.238. The number of hydrogen-bond donors (Lipinski definition) is 2. The van der Waals surface area contributed by atoms with Gasteiger partial charge in [-0.05, 0) is 35.4 Å². The normalized spacial score (nSPS) is 11.1. The van der Waals surface area contributed by atoms with E-state index < -0.39 is 6.67 Å². The summed E-state index contributed by atoms with van der Waals surface area (Å²) in [5.74, 6) is 0. The van der Waals surface area contributed by atoms with Crippen LogP contribution >= 0.6 is 0 Å². The number of benzene rings is 2. The quantitative estimate of drug-likeness (QED) is 0.349. The van der Waals surface area contributed by atoms with Crippen molar-refractivity contribution in [2.75, 3.05) is 44.5 Å². The molecule has 27 heavy (non-hydrogen) atoms. The van der Waals surface area contributed by atoms with Crippen LogP contribution in [0, 0.1) is 0 Å². The summed E-state index contributed by atoms with van der Waals surface area (Å²) in [6, 6.07) is 16.3. The molecular weight excluding hydrogens is 341 g/mol. The molecule has 0 heterocycles. The Morgan fingerprint density at radius 3 is 2.11 bits per heavy atom.